The minimum Gasteiger partial charge on any atom is -0.380 e. The highest BCUT2D eigenvalue weighted by Gasteiger charge is 2.06. The molecule has 0 saturated carbocycles. The Balaban J connectivity index is 2.53. The Kier molecular flexibility index (Phi) is 5.44. The smallest absolute Gasteiger partial charge is 0.0633 e. The van der Waals surface area contributed by atoms with Crippen molar-refractivity contribution in [3.8, 4) is 0 Å². The third-order valence-electron chi connectivity index (χ3n) is 2.18. The first-order valence-corrected chi connectivity index (χ1v) is 5.91. The fraction of sp³-hybridized carbons (Fsp3) is 0.500. The van der Waals surface area contributed by atoms with Gasteiger partial charge in [0.05, 0.1) is 12.0 Å². The van der Waals surface area contributed by atoms with Crippen LogP contribution in [0.3, 0.4) is 0 Å². The summed E-state index contributed by atoms with van der Waals surface area (Å²) in [4.78, 5) is 0. The minimum absolute atomic E-state index is 0.0329. The third-order valence-corrected chi connectivity index (χ3v) is 2.89. The number of aryl methyl sites for hydroxylation is 1. The van der Waals surface area contributed by atoms with Crippen molar-refractivity contribution in [2.24, 2.45) is 0 Å². The molecule has 15 heavy (non-hydrogen) atoms. The van der Waals surface area contributed by atoms with Gasteiger partial charge in [-0.3, -0.25) is 0 Å². The molecule has 1 nitrogen and oxygen atoms in total. The monoisotopic (exact) mass is 246 g/mol. The van der Waals surface area contributed by atoms with Crippen LogP contribution in [0, 0.1) is 6.92 Å². The van der Waals surface area contributed by atoms with Crippen LogP contribution < -0.4 is 0 Å². The van der Waals surface area contributed by atoms with Gasteiger partial charge >= 0.3 is 0 Å². The van der Waals surface area contributed by atoms with E-state index in [-0.39, 0.29) is 5.38 Å². The van der Waals surface area contributed by atoms with Crippen LogP contribution in [0.15, 0.2) is 18.2 Å². The van der Waals surface area contributed by atoms with Gasteiger partial charge in [-0.15, -0.1) is 11.6 Å². The Morgan fingerprint density at radius 3 is 2.73 bits per heavy atom. The van der Waals surface area contributed by atoms with Gasteiger partial charge in [0.1, 0.15) is 0 Å². The summed E-state index contributed by atoms with van der Waals surface area (Å²) < 4.78 is 5.26. The zero-order chi connectivity index (χ0) is 11.3. The molecule has 0 aliphatic rings. The van der Waals surface area contributed by atoms with E-state index in [1.165, 1.54) is 5.56 Å². The quantitative estimate of drug-likeness (QED) is 0.718. The first-order valence-electron chi connectivity index (χ1n) is 5.10. The predicted molar refractivity (Wildman–Crippen MR) is 66.0 cm³/mol. The molecule has 0 aliphatic carbocycles. The summed E-state index contributed by atoms with van der Waals surface area (Å²) in [5.41, 5.74) is 2.30. The molecule has 1 atom stereocenters. The van der Waals surface area contributed by atoms with Crippen molar-refractivity contribution in [3.63, 3.8) is 0 Å². The molecule has 0 spiro atoms. The molecular formula is C12H16Cl2O. The highest BCUT2D eigenvalue weighted by molar-refractivity contribution is 6.31. The number of rotatable bonds is 5. The standard InChI is InChI=1S/C12H16Cl2O/c1-3-15-8-11(13)7-10-4-5-12(14)9(2)6-10/h4-6,11H,3,7-8H2,1-2H3. The van der Waals surface area contributed by atoms with E-state index in [2.05, 4.69) is 6.07 Å². The van der Waals surface area contributed by atoms with Crippen LogP contribution >= 0.6 is 23.2 Å². The van der Waals surface area contributed by atoms with Gasteiger partial charge in [0, 0.05) is 11.6 Å². The molecule has 84 valence electrons. The molecule has 0 heterocycles. The summed E-state index contributed by atoms with van der Waals surface area (Å²) in [7, 11) is 0. The molecule has 0 bridgehead atoms. The van der Waals surface area contributed by atoms with Crippen LogP contribution in [0.25, 0.3) is 0 Å². The zero-order valence-electron chi connectivity index (χ0n) is 9.09. The first-order chi connectivity index (χ1) is 7.13. The van der Waals surface area contributed by atoms with Crippen molar-refractivity contribution in [1.82, 2.24) is 0 Å². The van der Waals surface area contributed by atoms with Gasteiger partial charge in [0.2, 0.25) is 0 Å². The molecule has 0 radical (unpaired) electrons. The number of hydrogen-bond acceptors (Lipinski definition) is 1. The SMILES string of the molecule is CCOCC(Cl)Cc1ccc(Cl)c(C)c1. The van der Waals surface area contributed by atoms with Gasteiger partial charge in [0.15, 0.2) is 0 Å². The summed E-state index contributed by atoms with van der Waals surface area (Å²) in [6, 6.07) is 6.00. The second-order valence-corrected chi connectivity index (χ2v) is 4.57. The van der Waals surface area contributed by atoms with Gasteiger partial charge in [-0.25, -0.2) is 0 Å². The summed E-state index contributed by atoms with van der Waals surface area (Å²) >= 11 is 12.1. The molecule has 1 aromatic carbocycles. The first kappa shape index (κ1) is 12.8. The van der Waals surface area contributed by atoms with E-state index in [0.29, 0.717) is 13.2 Å². The number of ether oxygens (including phenoxy) is 1. The Morgan fingerprint density at radius 1 is 1.40 bits per heavy atom. The Morgan fingerprint density at radius 2 is 2.13 bits per heavy atom. The van der Waals surface area contributed by atoms with Gasteiger partial charge in [-0.1, -0.05) is 23.7 Å². The number of benzene rings is 1. The number of halogens is 2. The largest absolute Gasteiger partial charge is 0.380 e. The summed E-state index contributed by atoms with van der Waals surface area (Å²) in [6.07, 6.45) is 0.819. The maximum atomic E-state index is 6.13. The van der Waals surface area contributed by atoms with Crippen molar-refractivity contribution in [2.75, 3.05) is 13.2 Å². The molecular weight excluding hydrogens is 231 g/mol. The molecule has 0 aliphatic heterocycles. The van der Waals surface area contributed by atoms with Gasteiger partial charge in [0.25, 0.3) is 0 Å². The van der Waals surface area contributed by atoms with Crippen molar-refractivity contribution in [1.29, 1.82) is 0 Å². The van der Waals surface area contributed by atoms with E-state index in [1.807, 2.05) is 26.0 Å². The second-order valence-electron chi connectivity index (χ2n) is 3.54. The average Bonchev–Trinajstić information content (AvgIpc) is 2.20. The van der Waals surface area contributed by atoms with Crippen molar-refractivity contribution in [3.05, 3.63) is 34.3 Å². The molecule has 1 rings (SSSR count). The van der Waals surface area contributed by atoms with Crippen LogP contribution in [-0.4, -0.2) is 18.6 Å². The topological polar surface area (TPSA) is 9.23 Å². The lowest BCUT2D eigenvalue weighted by Gasteiger charge is -2.10. The van der Waals surface area contributed by atoms with Gasteiger partial charge in [-0.2, -0.15) is 0 Å². The number of alkyl halides is 1. The van der Waals surface area contributed by atoms with E-state index in [0.717, 1.165) is 17.0 Å². The lowest BCUT2D eigenvalue weighted by molar-refractivity contribution is 0.147. The molecule has 3 heteroatoms. The van der Waals surface area contributed by atoms with Crippen LogP contribution in [0.1, 0.15) is 18.1 Å². The molecule has 0 saturated heterocycles. The minimum atomic E-state index is 0.0329. The van der Waals surface area contributed by atoms with E-state index in [4.69, 9.17) is 27.9 Å². The summed E-state index contributed by atoms with van der Waals surface area (Å²) in [5.74, 6) is 0. The summed E-state index contributed by atoms with van der Waals surface area (Å²) in [6.45, 7) is 5.27. The van der Waals surface area contributed by atoms with E-state index in [1.54, 1.807) is 0 Å². The molecule has 0 amide bonds. The van der Waals surface area contributed by atoms with Crippen LogP contribution in [0.4, 0.5) is 0 Å². The molecule has 0 aromatic heterocycles. The van der Waals surface area contributed by atoms with E-state index >= 15 is 0 Å². The maximum absolute atomic E-state index is 6.13. The Labute approximate surface area is 101 Å². The molecule has 0 N–H and O–H groups in total. The Bertz CT molecular complexity index is 312. The zero-order valence-corrected chi connectivity index (χ0v) is 10.6. The van der Waals surface area contributed by atoms with Crippen molar-refractivity contribution < 1.29 is 4.74 Å². The lowest BCUT2D eigenvalue weighted by atomic mass is 10.1. The van der Waals surface area contributed by atoms with Crippen molar-refractivity contribution >= 4 is 23.2 Å². The van der Waals surface area contributed by atoms with E-state index in [9.17, 15) is 0 Å². The Hall–Kier alpha value is -0.240. The fourth-order valence-electron chi connectivity index (χ4n) is 1.39. The summed E-state index contributed by atoms with van der Waals surface area (Å²) in [5, 5.41) is 0.834. The lowest BCUT2D eigenvalue weighted by Crippen LogP contribution is -2.12. The molecule has 0 fully saturated rings. The second kappa shape index (κ2) is 6.37. The molecule has 1 unspecified atom stereocenters. The maximum Gasteiger partial charge on any atom is 0.0633 e. The van der Waals surface area contributed by atoms with Gasteiger partial charge in [-0.05, 0) is 37.5 Å². The predicted octanol–water partition coefficient (Wildman–Crippen LogP) is 3.83. The fourth-order valence-corrected chi connectivity index (χ4v) is 1.78. The van der Waals surface area contributed by atoms with Crippen LogP contribution in [0.2, 0.25) is 5.02 Å². The molecule has 1 aromatic rings. The highest BCUT2D eigenvalue weighted by Crippen LogP contribution is 2.18. The van der Waals surface area contributed by atoms with Gasteiger partial charge < -0.3 is 4.74 Å². The third kappa shape index (κ3) is 4.42. The average molecular weight is 247 g/mol. The van der Waals surface area contributed by atoms with E-state index < -0.39 is 0 Å². The normalized spacial score (nSPS) is 12.8. The van der Waals surface area contributed by atoms with Crippen molar-refractivity contribution in [2.45, 2.75) is 25.6 Å². The van der Waals surface area contributed by atoms with Crippen LogP contribution in [0.5, 0.6) is 0 Å². The number of hydrogen-bond donors (Lipinski definition) is 0. The highest BCUT2D eigenvalue weighted by atomic mass is 35.5. The van der Waals surface area contributed by atoms with Crippen LogP contribution in [-0.2, 0) is 11.2 Å².